The summed E-state index contributed by atoms with van der Waals surface area (Å²) >= 11 is 3.21. The number of hydrogen-bond acceptors (Lipinski definition) is 1. The minimum Gasteiger partial charge on any atom is -0.319 e. The predicted octanol–water partition coefficient (Wildman–Crippen LogP) is 3.72. The second kappa shape index (κ2) is 4.91. The quantitative estimate of drug-likeness (QED) is 0.845. The maximum absolute atomic E-state index is 12.7. The summed E-state index contributed by atoms with van der Waals surface area (Å²) in [5, 5.41) is 0. The number of alkyl halides is 2. The van der Waals surface area contributed by atoms with Crippen molar-refractivity contribution in [1.29, 1.82) is 0 Å². The molecule has 0 fully saturated rings. The van der Waals surface area contributed by atoms with Gasteiger partial charge in [-0.05, 0) is 40.2 Å². The molecule has 0 saturated carbocycles. The molecule has 0 unspecified atom stereocenters. The van der Waals surface area contributed by atoms with E-state index in [1.165, 1.54) is 23.0 Å². The fraction of sp³-hybridized carbons (Fsp3) is 0.182. The summed E-state index contributed by atoms with van der Waals surface area (Å²) in [7, 11) is 0. The lowest BCUT2D eigenvalue weighted by molar-refractivity contribution is 0.126. The minimum absolute atomic E-state index is 0.350. The Morgan fingerprint density at radius 1 is 1.24 bits per heavy atom. The first-order valence-corrected chi connectivity index (χ1v) is 5.62. The van der Waals surface area contributed by atoms with Gasteiger partial charge in [0.2, 0.25) is 0 Å². The molecule has 0 bridgehead atoms. The Morgan fingerprint density at radius 3 is 2.47 bits per heavy atom. The third-order valence-electron chi connectivity index (χ3n) is 2.23. The highest BCUT2D eigenvalue weighted by molar-refractivity contribution is 9.10. The van der Waals surface area contributed by atoms with E-state index in [0.717, 1.165) is 0 Å². The smallest absolute Gasteiger partial charge is 0.256 e. The monoisotopic (exact) mass is 304 g/mol. The van der Waals surface area contributed by atoms with Crippen LogP contribution in [0.1, 0.15) is 0 Å². The average Bonchev–Trinajstić information content (AvgIpc) is 2.61. The van der Waals surface area contributed by atoms with Crippen molar-refractivity contribution in [2.24, 2.45) is 0 Å². The summed E-state index contributed by atoms with van der Waals surface area (Å²) in [6, 6.07) is 5.70. The van der Waals surface area contributed by atoms with Gasteiger partial charge in [-0.2, -0.15) is 0 Å². The molecular weight excluding hydrogens is 297 g/mol. The molecule has 1 aromatic carbocycles. The molecule has 90 valence electrons. The zero-order valence-corrected chi connectivity index (χ0v) is 10.2. The molecule has 0 amide bonds. The van der Waals surface area contributed by atoms with Gasteiger partial charge in [-0.15, -0.1) is 0 Å². The fourth-order valence-corrected chi connectivity index (χ4v) is 2.01. The minimum atomic E-state index is -2.44. The SMILES string of the molecule is Fc1ccc(-c2ncn(CC(F)F)c2Br)cc1. The summed E-state index contributed by atoms with van der Waals surface area (Å²) in [4.78, 5) is 4.03. The lowest BCUT2D eigenvalue weighted by Gasteiger charge is -2.03. The molecule has 17 heavy (non-hydrogen) atoms. The second-order valence-corrected chi connectivity index (χ2v) is 4.19. The van der Waals surface area contributed by atoms with Crippen LogP contribution >= 0.6 is 15.9 Å². The number of aromatic nitrogens is 2. The third-order valence-corrected chi connectivity index (χ3v) is 3.06. The van der Waals surface area contributed by atoms with Crippen molar-refractivity contribution in [3.63, 3.8) is 0 Å². The van der Waals surface area contributed by atoms with E-state index in [2.05, 4.69) is 20.9 Å². The lowest BCUT2D eigenvalue weighted by atomic mass is 10.2. The Balaban J connectivity index is 2.33. The van der Waals surface area contributed by atoms with Gasteiger partial charge >= 0.3 is 0 Å². The number of benzene rings is 1. The molecule has 6 heteroatoms. The highest BCUT2D eigenvalue weighted by Crippen LogP contribution is 2.27. The van der Waals surface area contributed by atoms with E-state index in [1.807, 2.05) is 0 Å². The molecule has 0 atom stereocenters. The largest absolute Gasteiger partial charge is 0.319 e. The van der Waals surface area contributed by atoms with Crippen LogP contribution in [-0.4, -0.2) is 16.0 Å². The van der Waals surface area contributed by atoms with Gasteiger partial charge in [0.15, 0.2) is 0 Å². The molecule has 0 aliphatic rings. The van der Waals surface area contributed by atoms with E-state index in [9.17, 15) is 13.2 Å². The molecule has 2 aromatic rings. The first-order valence-electron chi connectivity index (χ1n) is 4.82. The normalized spacial score (nSPS) is 11.1. The molecule has 2 rings (SSSR count). The first-order chi connectivity index (χ1) is 8.08. The van der Waals surface area contributed by atoms with Crippen molar-refractivity contribution >= 4 is 15.9 Å². The van der Waals surface area contributed by atoms with Gasteiger partial charge in [0.1, 0.15) is 16.1 Å². The Bertz CT molecular complexity index is 508. The molecule has 0 saturated heterocycles. The van der Waals surface area contributed by atoms with Crippen molar-refractivity contribution in [2.75, 3.05) is 0 Å². The van der Waals surface area contributed by atoms with Crippen LogP contribution in [-0.2, 0) is 6.54 Å². The van der Waals surface area contributed by atoms with Gasteiger partial charge in [-0.3, -0.25) is 0 Å². The number of hydrogen-bond donors (Lipinski definition) is 0. The Morgan fingerprint density at radius 2 is 1.88 bits per heavy atom. The zero-order valence-electron chi connectivity index (χ0n) is 8.58. The molecule has 1 heterocycles. The van der Waals surface area contributed by atoms with Crippen molar-refractivity contribution in [1.82, 2.24) is 9.55 Å². The highest BCUT2D eigenvalue weighted by Gasteiger charge is 2.13. The van der Waals surface area contributed by atoms with Crippen molar-refractivity contribution in [3.05, 3.63) is 41.0 Å². The van der Waals surface area contributed by atoms with Crippen LogP contribution in [0.4, 0.5) is 13.2 Å². The summed E-state index contributed by atoms with van der Waals surface area (Å²) in [5.41, 5.74) is 1.19. The van der Waals surface area contributed by atoms with Crippen LogP contribution in [0.25, 0.3) is 11.3 Å². The Labute approximate surface area is 104 Å². The van der Waals surface area contributed by atoms with E-state index in [1.54, 1.807) is 12.1 Å². The van der Waals surface area contributed by atoms with E-state index in [0.29, 0.717) is 15.9 Å². The average molecular weight is 305 g/mol. The summed E-state index contributed by atoms with van der Waals surface area (Å²) in [6.45, 7) is -0.422. The maximum atomic E-state index is 12.7. The van der Waals surface area contributed by atoms with Crippen molar-refractivity contribution in [2.45, 2.75) is 13.0 Å². The fourth-order valence-electron chi connectivity index (χ4n) is 1.44. The van der Waals surface area contributed by atoms with Gasteiger partial charge in [-0.1, -0.05) is 0 Å². The van der Waals surface area contributed by atoms with Gasteiger partial charge in [-0.25, -0.2) is 18.2 Å². The van der Waals surface area contributed by atoms with Crippen molar-refractivity contribution in [3.8, 4) is 11.3 Å². The summed E-state index contributed by atoms with van der Waals surface area (Å²) < 4.78 is 39.0. The Hall–Kier alpha value is -1.30. The molecule has 0 aliphatic heterocycles. The number of nitrogens with zero attached hydrogens (tertiary/aromatic N) is 2. The van der Waals surface area contributed by atoms with Crippen LogP contribution in [0, 0.1) is 5.82 Å². The van der Waals surface area contributed by atoms with Crippen LogP contribution in [0.2, 0.25) is 0 Å². The van der Waals surface area contributed by atoms with Crippen LogP contribution in [0.5, 0.6) is 0 Å². The molecule has 2 nitrogen and oxygen atoms in total. The molecule has 0 aliphatic carbocycles. The van der Waals surface area contributed by atoms with Crippen LogP contribution in [0.3, 0.4) is 0 Å². The van der Waals surface area contributed by atoms with E-state index >= 15 is 0 Å². The molecule has 0 radical (unpaired) electrons. The second-order valence-electron chi connectivity index (χ2n) is 3.43. The number of halogens is 4. The van der Waals surface area contributed by atoms with E-state index in [-0.39, 0.29) is 5.82 Å². The summed E-state index contributed by atoms with van der Waals surface area (Å²) in [6.07, 6.45) is -1.11. The molecule has 0 N–H and O–H groups in total. The van der Waals surface area contributed by atoms with Gasteiger partial charge in [0.25, 0.3) is 6.43 Å². The molecular formula is C11H8BrF3N2. The zero-order chi connectivity index (χ0) is 12.4. The van der Waals surface area contributed by atoms with E-state index < -0.39 is 13.0 Å². The molecule has 0 spiro atoms. The lowest BCUT2D eigenvalue weighted by Crippen LogP contribution is -2.05. The van der Waals surface area contributed by atoms with Gasteiger partial charge < -0.3 is 4.57 Å². The predicted molar refractivity (Wildman–Crippen MR) is 61.3 cm³/mol. The topological polar surface area (TPSA) is 17.8 Å². The van der Waals surface area contributed by atoms with Gasteiger partial charge in [0.05, 0.1) is 12.9 Å². The summed E-state index contributed by atoms with van der Waals surface area (Å²) in [5.74, 6) is -0.350. The third kappa shape index (κ3) is 2.69. The maximum Gasteiger partial charge on any atom is 0.256 e. The van der Waals surface area contributed by atoms with E-state index in [4.69, 9.17) is 0 Å². The number of imidazole rings is 1. The van der Waals surface area contributed by atoms with Gasteiger partial charge in [0, 0.05) is 5.56 Å². The van der Waals surface area contributed by atoms with Crippen LogP contribution < -0.4 is 0 Å². The number of rotatable bonds is 3. The molecule has 1 aromatic heterocycles. The first kappa shape index (κ1) is 12.2. The van der Waals surface area contributed by atoms with Crippen molar-refractivity contribution < 1.29 is 13.2 Å². The van der Waals surface area contributed by atoms with Crippen LogP contribution in [0.15, 0.2) is 35.2 Å². The Kier molecular flexibility index (Phi) is 3.51. The standard InChI is InChI=1S/C11H8BrF3N2/c12-11-10(7-1-3-8(13)4-2-7)16-6-17(11)5-9(14)15/h1-4,6,9H,5H2. The highest BCUT2D eigenvalue weighted by atomic mass is 79.9.